The lowest BCUT2D eigenvalue weighted by Gasteiger charge is -2.12. The molecule has 1 aromatic carbocycles. The minimum absolute atomic E-state index is 0.0752. The van der Waals surface area contributed by atoms with E-state index in [0.717, 1.165) is 0 Å². The fourth-order valence-corrected chi connectivity index (χ4v) is 2.33. The minimum Gasteiger partial charge on any atom is -0.487 e. The van der Waals surface area contributed by atoms with E-state index in [0.29, 0.717) is 23.0 Å². The van der Waals surface area contributed by atoms with Crippen molar-refractivity contribution in [3.63, 3.8) is 0 Å². The number of halogens is 1. The van der Waals surface area contributed by atoms with E-state index in [-0.39, 0.29) is 24.1 Å². The van der Waals surface area contributed by atoms with Gasteiger partial charge in [-0.05, 0) is 25.1 Å². The Morgan fingerprint density at radius 3 is 2.85 bits per heavy atom. The highest BCUT2D eigenvalue weighted by Gasteiger charge is 2.19. The van der Waals surface area contributed by atoms with Crippen LogP contribution in [0.15, 0.2) is 16.6 Å². The first kappa shape index (κ1) is 16.4. The molecular weight excluding hydrogens is 326 g/mol. The monoisotopic (exact) mass is 341 g/mol. The second-order valence-electron chi connectivity index (χ2n) is 4.20. The summed E-state index contributed by atoms with van der Waals surface area (Å²) in [5.74, 6) is 0.256. The van der Waals surface area contributed by atoms with Crippen LogP contribution in [0.3, 0.4) is 0 Å². The van der Waals surface area contributed by atoms with Gasteiger partial charge in [0.25, 0.3) is 0 Å². The number of nitro groups is 1. The van der Waals surface area contributed by atoms with E-state index in [9.17, 15) is 10.1 Å². The number of rotatable bonds is 7. The maximum atomic E-state index is 11.0. The van der Waals surface area contributed by atoms with E-state index in [1.807, 2.05) is 6.92 Å². The Balaban J connectivity index is 2.78. The second kappa shape index (κ2) is 7.82. The van der Waals surface area contributed by atoms with Gasteiger partial charge in [-0.3, -0.25) is 10.1 Å². The van der Waals surface area contributed by atoms with Gasteiger partial charge in [-0.25, -0.2) is 0 Å². The van der Waals surface area contributed by atoms with Crippen LogP contribution < -0.4 is 10.1 Å². The summed E-state index contributed by atoms with van der Waals surface area (Å²) in [6.07, 6.45) is 0.469. The van der Waals surface area contributed by atoms with Gasteiger partial charge in [0.05, 0.1) is 23.6 Å². The Morgan fingerprint density at radius 2 is 2.30 bits per heavy atom. The highest BCUT2D eigenvalue weighted by molar-refractivity contribution is 9.10. The van der Waals surface area contributed by atoms with E-state index >= 15 is 0 Å². The van der Waals surface area contributed by atoms with Crippen molar-refractivity contribution in [1.82, 2.24) is 5.32 Å². The highest BCUT2D eigenvalue weighted by Crippen LogP contribution is 2.34. The van der Waals surface area contributed by atoms with Crippen molar-refractivity contribution in [2.75, 3.05) is 13.2 Å². The summed E-state index contributed by atoms with van der Waals surface area (Å²) in [6.45, 7) is 4.60. The zero-order chi connectivity index (χ0) is 15.1. The third-order valence-electron chi connectivity index (χ3n) is 2.68. The second-order valence-corrected chi connectivity index (χ2v) is 5.12. The van der Waals surface area contributed by atoms with Gasteiger partial charge in [0, 0.05) is 17.0 Å². The van der Waals surface area contributed by atoms with Crippen LogP contribution in [0.4, 0.5) is 5.69 Å². The quantitative estimate of drug-likeness (QED) is 0.608. The van der Waals surface area contributed by atoms with E-state index in [1.165, 1.54) is 6.07 Å². The van der Waals surface area contributed by atoms with Crippen LogP contribution >= 0.6 is 15.9 Å². The summed E-state index contributed by atoms with van der Waals surface area (Å²) in [6, 6.07) is 4.98. The van der Waals surface area contributed by atoms with Gasteiger partial charge >= 0.3 is 5.69 Å². The van der Waals surface area contributed by atoms with Crippen molar-refractivity contribution in [2.45, 2.75) is 26.3 Å². The Labute approximate surface area is 126 Å². The predicted molar refractivity (Wildman–Crippen MR) is 78.7 cm³/mol. The van der Waals surface area contributed by atoms with Crippen LogP contribution in [0.2, 0.25) is 0 Å². The lowest BCUT2D eigenvalue weighted by atomic mass is 10.2. The van der Waals surface area contributed by atoms with Crippen LogP contribution in [-0.4, -0.2) is 24.1 Å². The molecule has 20 heavy (non-hydrogen) atoms. The normalized spacial score (nSPS) is 11.7. The van der Waals surface area contributed by atoms with Gasteiger partial charge < -0.3 is 10.1 Å². The van der Waals surface area contributed by atoms with Crippen LogP contribution in [0, 0.1) is 28.4 Å². The first-order valence-corrected chi connectivity index (χ1v) is 6.99. The molecule has 1 rings (SSSR count). The topological polar surface area (TPSA) is 88.2 Å². The Kier molecular flexibility index (Phi) is 6.42. The molecule has 7 heteroatoms. The number of aryl methyl sites for hydroxylation is 1. The van der Waals surface area contributed by atoms with E-state index in [2.05, 4.69) is 27.3 Å². The molecule has 0 aliphatic rings. The summed E-state index contributed by atoms with van der Waals surface area (Å²) in [4.78, 5) is 10.5. The molecule has 0 radical (unpaired) electrons. The van der Waals surface area contributed by atoms with Crippen molar-refractivity contribution in [3.8, 4) is 11.8 Å². The molecule has 108 valence electrons. The van der Waals surface area contributed by atoms with Gasteiger partial charge in [0.2, 0.25) is 0 Å². The highest BCUT2D eigenvalue weighted by atomic mass is 79.9. The minimum atomic E-state index is -0.473. The number of hydrogen-bond acceptors (Lipinski definition) is 5. The molecule has 0 saturated heterocycles. The molecule has 0 aromatic heterocycles. The van der Waals surface area contributed by atoms with Crippen molar-refractivity contribution >= 4 is 21.6 Å². The molecule has 0 saturated carbocycles. The van der Waals surface area contributed by atoms with Gasteiger partial charge in [-0.15, -0.1) is 0 Å². The van der Waals surface area contributed by atoms with Crippen LogP contribution in [0.5, 0.6) is 5.75 Å². The number of hydrogen-bond donors (Lipinski definition) is 1. The summed E-state index contributed by atoms with van der Waals surface area (Å²) in [5.41, 5.74) is 0.608. The van der Waals surface area contributed by atoms with Crippen LogP contribution in [0.25, 0.3) is 0 Å². The number of nitriles is 1. The lowest BCUT2D eigenvalue weighted by Crippen LogP contribution is -2.28. The number of benzene rings is 1. The molecule has 0 amide bonds. The first-order chi connectivity index (χ1) is 9.49. The van der Waals surface area contributed by atoms with Crippen LogP contribution in [0.1, 0.15) is 18.9 Å². The lowest BCUT2D eigenvalue weighted by molar-refractivity contribution is -0.386. The maximum Gasteiger partial charge on any atom is 0.312 e. The van der Waals surface area contributed by atoms with Gasteiger partial charge in [0.1, 0.15) is 0 Å². The number of ether oxygens (including phenoxy) is 1. The Hall–Kier alpha value is -1.65. The number of nitrogens with zero attached hydrogens (tertiary/aromatic N) is 2. The maximum absolute atomic E-state index is 11.0. The molecule has 0 fully saturated rings. The van der Waals surface area contributed by atoms with Crippen LogP contribution in [-0.2, 0) is 0 Å². The van der Waals surface area contributed by atoms with E-state index < -0.39 is 4.92 Å². The zero-order valence-electron chi connectivity index (χ0n) is 11.4. The number of nitro benzene ring substituents is 1. The molecular formula is C13H16BrN3O3. The molecule has 0 spiro atoms. The van der Waals surface area contributed by atoms with E-state index in [4.69, 9.17) is 10.00 Å². The summed E-state index contributed by atoms with van der Waals surface area (Å²) < 4.78 is 6.15. The Bertz CT molecular complexity index is 528. The average Bonchev–Trinajstić information content (AvgIpc) is 2.39. The molecule has 0 aliphatic heterocycles. The standard InChI is InChI=1S/C13H16BrN3O3/c1-3-16-11(8-15)4-5-20-13-9(2)6-10(14)7-12(13)17(18)19/h6-7,11,16H,3-5H2,1-2H3. The predicted octanol–water partition coefficient (Wildman–Crippen LogP) is 2.94. The summed E-state index contributed by atoms with van der Waals surface area (Å²) in [5, 5.41) is 22.9. The first-order valence-electron chi connectivity index (χ1n) is 6.20. The van der Waals surface area contributed by atoms with Gasteiger partial charge in [0.15, 0.2) is 5.75 Å². The molecule has 0 bridgehead atoms. The molecule has 1 unspecified atom stereocenters. The molecule has 1 atom stereocenters. The third-order valence-corrected chi connectivity index (χ3v) is 3.13. The fraction of sp³-hybridized carbons (Fsp3) is 0.462. The molecule has 1 N–H and O–H groups in total. The van der Waals surface area contributed by atoms with E-state index in [1.54, 1.807) is 13.0 Å². The average molecular weight is 342 g/mol. The summed E-state index contributed by atoms with van der Waals surface area (Å²) >= 11 is 3.23. The third kappa shape index (κ3) is 4.47. The molecule has 1 aromatic rings. The SMILES string of the molecule is CCNC(C#N)CCOc1c(C)cc(Br)cc1[N+](=O)[O-]. The fourth-order valence-electron chi connectivity index (χ4n) is 1.77. The molecule has 0 heterocycles. The Morgan fingerprint density at radius 1 is 1.60 bits per heavy atom. The van der Waals surface area contributed by atoms with Gasteiger partial charge in [-0.2, -0.15) is 5.26 Å². The largest absolute Gasteiger partial charge is 0.487 e. The van der Waals surface area contributed by atoms with Crippen molar-refractivity contribution in [1.29, 1.82) is 5.26 Å². The van der Waals surface area contributed by atoms with Crippen molar-refractivity contribution < 1.29 is 9.66 Å². The number of nitrogens with one attached hydrogen (secondary N) is 1. The molecule has 0 aliphatic carbocycles. The summed E-state index contributed by atoms with van der Waals surface area (Å²) in [7, 11) is 0. The molecule has 6 nitrogen and oxygen atoms in total. The zero-order valence-corrected chi connectivity index (χ0v) is 12.9. The smallest absolute Gasteiger partial charge is 0.312 e. The van der Waals surface area contributed by atoms with Gasteiger partial charge in [-0.1, -0.05) is 22.9 Å². The van der Waals surface area contributed by atoms with Crippen molar-refractivity contribution in [3.05, 3.63) is 32.3 Å². The van der Waals surface area contributed by atoms with Crippen molar-refractivity contribution in [2.24, 2.45) is 0 Å².